The second kappa shape index (κ2) is 5.93. The van der Waals surface area contributed by atoms with E-state index < -0.39 is 0 Å². The van der Waals surface area contributed by atoms with Crippen LogP contribution < -0.4 is 0 Å². The van der Waals surface area contributed by atoms with Gasteiger partial charge in [0.25, 0.3) is 0 Å². The first-order chi connectivity index (χ1) is 8.72. The number of rotatable bonds is 5. The normalized spacial score (nSPS) is 19.8. The molecule has 0 aliphatic carbocycles. The predicted molar refractivity (Wildman–Crippen MR) is 67.8 cm³/mol. The summed E-state index contributed by atoms with van der Waals surface area (Å²) in [7, 11) is 1.82. The second-order valence-electron chi connectivity index (χ2n) is 4.62. The van der Waals surface area contributed by atoms with Gasteiger partial charge >= 0.3 is 0 Å². The van der Waals surface area contributed by atoms with Crippen LogP contribution in [0.25, 0.3) is 0 Å². The van der Waals surface area contributed by atoms with E-state index in [0.29, 0.717) is 13.1 Å². The Hall–Kier alpha value is -1.46. The van der Waals surface area contributed by atoms with Gasteiger partial charge in [-0.3, -0.25) is 14.7 Å². The van der Waals surface area contributed by atoms with Crippen molar-refractivity contribution in [3.05, 3.63) is 30.1 Å². The van der Waals surface area contributed by atoms with Crippen molar-refractivity contribution in [2.75, 3.05) is 26.7 Å². The van der Waals surface area contributed by atoms with Crippen molar-refractivity contribution in [3.63, 3.8) is 0 Å². The molecule has 2 heterocycles. The molecule has 1 fully saturated rings. The summed E-state index contributed by atoms with van der Waals surface area (Å²) in [5.41, 5.74) is 1.06. The molecular weight excluding hydrogens is 230 g/mol. The monoisotopic (exact) mass is 249 g/mol. The van der Waals surface area contributed by atoms with Crippen LogP contribution in [0.1, 0.15) is 12.0 Å². The van der Waals surface area contributed by atoms with Crippen LogP contribution in [0, 0.1) is 0 Å². The van der Waals surface area contributed by atoms with Crippen molar-refractivity contribution in [1.29, 1.82) is 0 Å². The van der Waals surface area contributed by atoms with E-state index in [4.69, 9.17) is 5.11 Å². The summed E-state index contributed by atoms with van der Waals surface area (Å²) in [6.45, 7) is 2.02. The minimum atomic E-state index is -0.109. The molecule has 1 unspecified atom stereocenters. The maximum atomic E-state index is 12.0. The van der Waals surface area contributed by atoms with Crippen LogP contribution in [0.2, 0.25) is 0 Å². The fourth-order valence-corrected chi connectivity index (χ4v) is 2.34. The zero-order valence-corrected chi connectivity index (χ0v) is 10.6. The molecule has 1 aromatic heterocycles. The van der Waals surface area contributed by atoms with Crippen LogP contribution in [0.5, 0.6) is 0 Å². The number of aliphatic hydroxyl groups is 1. The summed E-state index contributed by atoms with van der Waals surface area (Å²) < 4.78 is 0. The maximum absolute atomic E-state index is 12.0. The average Bonchev–Trinajstić information content (AvgIpc) is 2.71. The number of likely N-dealkylation sites (tertiary alicyclic amines) is 1. The molecule has 0 spiro atoms. The minimum absolute atomic E-state index is 0.0633. The summed E-state index contributed by atoms with van der Waals surface area (Å²) in [6.07, 6.45) is 4.36. The molecule has 0 saturated carbocycles. The van der Waals surface area contributed by atoms with E-state index in [0.717, 1.165) is 18.5 Å². The van der Waals surface area contributed by atoms with E-state index in [1.165, 1.54) is 0 Å². The van der Waals surface area contributed by atoms with Crippen molar-refractivity contribution in [2.24, 2.45) is 0 Å². The van der Waals surface area contributed by atoms with Gasteiger partial charge in [0.15, 0.2) is 0 Å². The molecule has 1 aromatic rings. The van der Waals surface area contributed by atoms with Crippen molar-refractivity contribution in [1.82, 2.24) is 14.8 Å². The van der Waals surface area contributed by atoms with Crippen molar-refractivity contribution in [2.45, 2.75) is 19.0 Å². The van der Waals surface area contributed by atoms with E-state index in [1.54, 1.807) is 17.3 Å². The van der Waals surface area contributed by atoms with E-state index in [-0.39, 0.29) is 18.6 Å². The molecule has 0 radical (unpaired) electrons. The fourth-order valence-electron chi connectivity index (χ4n) is 2.34. The van der Waals surface area contributed by atoms with Gasteiger partial charge in [0.05, 0.1) is 12.6 Å². The van der Waals surface area contributed by atoms with Crippen LogP contribution in [0.3, 0.4) is 0 Å². The Bertz CT molecular complexity index is 396. The number of aromatic nitrogens is 1. The molecule has 5 nitrogen and oxygen atoms in total. The highest BCUT2D eigenvalue weighted by molar-refractivity contribution is 5.83. The molecule has 0 aromatic carbocycles. The van der Waals surface area contributed by atoms with Crippen LogP contribution in [0.4, 0.5) is 0 Å². The molecule has 1 atom stereocenters. The first kappa shape index (κ1) is 13.0. The number of hydrogen-bond acceptors (Lipinski definition) is 4. The third-order valence-electron chi connectivity index (χ3n) is 3.34. The number of nitrogens with zero attached hydrogens (tertiary/aromatic N) is 3. The van der Waals surface area contributed by atoms with E-state index in [2.05, 4.69) is 4.98 Å². The molecule has 1 aliphatic heterocycles. The molecule has 98 valence electrons. The number of aliphatic hydroxyl groups excluding tert-OH is 1. The Morgan fingerprint density at radius 2 is 2.44 bits per heavy atom. The summed E-state index contributed by atoms with van der Waals surface area (Å²) in [5, 5.41) is 9.14. The highest BCUT2D eigenvalue weighted by atomic mass is 16.3. The summed E-state index contributed by atoms with van der Waals surface area (Å²) in [5.74, 6) is 0.146. The minimum Gasteiger partial charge on any atom is -0.395 e. The summed E-state index contributed by atoms with van der Waals surface area (Å²) in [4.78, 5) is 19.9. The van der Waals surface area contributed by atoms with Gasteiger partial charge in [-0.25, -0.2) is 0 Å². The maximum Gasteiger partial charge on any atom is 0.239 e. The second-order valence-corrected chi connectivity index (χ2v) is 4.62. The van der Waals surface area contributed by atoms with Crippen LogP contribution >= 0.6 is 0 Å². The Morgan fingerprint density at radius 3 is 3.00 bits per heavy atom. The van der Waals surface area contributed by atoms with Crippen LogP contribution in [0.15, 0.2) is 24.5 Å². The zero-order valence-electron chi connectivity index (χ0n) is 10.6. The summed E-state index contributed by atoms with van der Waals surface area (Å²) in [6, 6.07) is 3.76. The van der Waals surface area contributed by atoms with Crippen molar-refractivity contribution in [3.8, 4) is 0 Å². The lowest BCUT2D eigenvalue weighted by Crippen LogP contribution is -2.42. The lowest BCUT2D eigenvalue weighted by atomic mass is 10.1. The SMILES string of the molecule is CN1CCC(N(CCO)Cc2cccnc2)C1=O. The first-order valence-electron chi connectivity index (χ1n) is 6.21. The summed E-state index contributed by atoms with van der Waals surface area (Å²) >= 11 is 0. The topological polar surface area (TPSA) is 56.7 Å². The zero-order chi connectivity index (χ0) is 13.0. The highest BCUT2D eigenvalue weighted by Gasteiger charge is 2.33. The third-order valence-corrected chi connectivity index (χ3v) is 3.34. The highest BCUT2D eigenvalue weighted by Crippen LogP contribution is 2.17. The number of carbonyl (C=O) groups excluding carboxylic acids is 1. The molecule has 18 heavy (non-hydrogen) atoms. The van der Waals surface area contributed by atoms with Gasteiger partial charge in [-0.2, -0.15) is 0 Å². The predicted octanol–water partition coefficient (Wildman–Crippen LogP) is 0.107. The molecule has 1 aliphatic rings. The molecular formula is C13H19N3O2. The number of hydrogen-bond donors (Lipinski definition) is 1. The van der Waals surface area contributed by atoms with Crippen molar-refractivity contribution >= 4 is 5.91 Å². The Balaban J connectivity index is 2.06. The van der Waals surface area contributed by atoms with Crippen molar-refractivity contribution < 1.29 is 9.90 Å². The standard InChI is InChI=1S/C13H19N3O2/c1-15-6-4-12(13(15)18)16(7-8-17)10-11-3-2-5-14-9-11/h2-3,5,9,12,17H,4,6-8,10H2,1H3. The fraction of sp³-hybridized carbons (Fsp3) is 0.538. The van der Waals surface area contributed by atoms with Gasteiger partial charge in [0, 0.05) is 39.1 Å². The van der Waals surface area contributed by atoms with Gasteiger partial charge in [-0.05, 0) is 18.1 Å². The van der Waals surface area contributed by atoms with E-state index in [1.807, 2.05) is 24.1 Å². The molecule has 1 N–H and O–H groups in total. The number of pyridine rings is 1. The van der Waals surface area contributed by atoms with Crippen LogP contribution in [-0.4, -0.2) is 58.6 Å². The molecule has 5 heteroatoms. The van der Waals surface area contributed by atoms with Crippen LogP contribution in [-0.2, 0) is 11.3 Å². The van der Waals surface area contributed by atoms with Gasteiger partial charge < -0.3 is 10.0 Å². The van der Waals surface area contributed by atoms with Gasteiger partial charge in [-0.1, -0.05) is 6.07 Å². The Labute approximate surface area is 107 Å². The molecule has 1 amide bonds. The molecule has 0 bridgehead atoms. The lowest BCUT2D eigenvalue weighted by Gasteiger charge is -2.26. The molecule has 1 saturated heterocycles. The van der Waals surface area contributed by atoms with Gasteiger partial charge in [-0.15, -0.1) is 0 Å². The largest absolute Gasteiger partial charge is 0.395 e. The molecule has 2 rings (SSSR count). The van der Waals surface area contributed by atoms with E-state index >= 15 is 0 Å². The first-order valence-corrected chi connectivity index (χ1v) is 6.21. The average molecular weight is 249 g/mol. The van der Waals surface area contributed by atoms with Gasteiger partial charge in [0.2, 0.25) is 5.91 Å². The van der Waals surface area contributed by atoms with Gasteiger partial charge in [0.1, 0.15) is 0 Å². The van der Waals surface area contributed by atoms with E-state index in [9.17, 15) is 4.79 Å². The Morgan fingerprint density at radius 1 is 1.61 bits per heavy atom. The lowest BCUT2D eigenvalue weighted by molar-refractivity contribution is -0.131. The quantitative estimate of drug-likeness (QED) is 0.804. The Kier molecular flexibility index (Phi) is 4.28. The number of carbonyl (C=O) groups is 1. The number of likely N-dealkylation sites (N-methyl/N-ethyl adjacent to an activating group) is 1. The third kappa shape index (κ3) is 2.86. The smallest absolute Gasteiger partial charge is 0.239 e. The number of amides is 1.